The Balaban J connectivity index is 2.11. The molecule has 104 valence electrons. The molecule has 2 aromatic carbocycles. The highest BCUT2D eigenvalue weighted by molar-refractivity contribution is 9.10. The molecule has 0 saturated carbocycles. The van der Waals surface area contributed by atoms with Gasteiger partial charge in [-0.15, -0.1) is 0 Å². The third kappa shape index (κ3) is 3.39. The number of hydrogen-bond acceptors (Lipinski definition) is 2. The van der Waals surface area contributed by atoms with Gasteiger partial charge in [0.1, 0.15) is 5.75 Å². The summed E-state index contributed by atoms with van der Waals surface area (Å²) in [6, 6.07) is 13.3. The Labute approximate surface area is 127 Å². The maximum absolute atomic E-state index is 12.2. The van der Waals surface area contributed by atoms with E-state index in [1.54, 1.807) is 13.2 Å². The lowest BCUT2D eigenvalue weighted by atomic mass is 10.1. The number of halogens is 1. The second-order valence-electron chi connectivity index (χ2n) is 4.45. The maximum Gasteiger partial charge on any atom is 0.251 e. The molecule has 20 heavy (non-hydrogen) atoms. The topological polar surface area (TPSA) is 38.3 Å². The van der Waals surface area contributed by atoms with E-state index < -0.39 is 0 Å². The largest absolute Gasteiger partial charge is 0.497 e. The average molecular weight is 334 g/mol. The number of nitrogens with one attached hydrogen (secondary N) is 1. The summed E-state index contributed by atoms with van der Waals surface area (Å²) < 4.78 is 6.14. The van der Waals surface area contributed by atoms with Gasteiger partial charge in [0, 0.05) is 16.6 Å². The second kappa shape index (κ2) is 6.57. The molecule has 0 aliphatic carbocycles. The summed E-state index contributed by atoms with van der Waals surface area (Å²) in [7, 11) is 1.59. The lowest BCUT2D eigenvalue weighted by Gasteiger charge is -2.10. The molecule has 0 unspecified atom stereocenters. The summed E-state index contributed by atoms with van der Waals surface area (Å²) in [5.41, 5.74) is 2.60. The van der Waals surface area contributed by atoms with Crippen LogP contribution in [0.25, 0.3) is 0 Å². The van der Waals surface area contributed by atoms with Crippen LogP contribution in [0.2, 0.25) is 0 Å². The molecular formula is C16H16BrNO2. The van der Waals surface area contributed by atoms with E-state index in [9.17, 15) is 4.79 Å². The number of methoxy groups -OCH3 is 1. The normalized spacial score (nSPS) is 10.2. The fourth-order valence-electron chi connectivity index (χ4n) is 1.89. The van der Waals surface area contributed by atoms with Crippen molar-refractivity contribution in [2.45, 2.75) is 13.5 Å². The molecule has 0 aromatic heterocycles. The van der Waals surface area contributed by atoms with E-state index in [0.29, 0.717) is 17.9 Å². The van der Waals surface area contributed by atoms with Crippen molar-refractivity contribution >= 4 is 21.8 Å². The first kappa shape index (κ1) is 14.6. The standard InChI is InChI=1S/C16H16BrNO2/c1-11-7-8-13(20-2)9-14(11)16(19)18-10-12-5-3-4-6-15(12)17/h3-9H,10H2,1-2H3,(H,18,19). The van der Waals surface area contributed by atoms with Gasteiger partial charge >= 0.3 is 0 Å². The van der Waals surface area contributed by atoms with Crippen molar-refractivity contribution in [2.75, 3.05) is 7.11 Å². The molecule has 0 atom stereocenters. The van der Waals surface area contributed by atoms with E-state index in [2.05, 4.69) is 21.2 Å². The number of benzene rings is 2. The number of ether oxygens (including phenoxy) is 1. The number of aryl methyl sites for hydroxylation is 1. The summed E-state index contributed by atoms with van der Waals surface area (Å²) in [6.07, 6.45) is 0. The molecule has 0 saturated heterocycles. The first-order valence-corrected chi connectivity index (χ1v) is 7.07. The van der Waals surface area contributed by atoms with Gasteiger partial charge in [-0.2, -0.15) is 0 Å². The molecule has 1 amide bonds. The Morgan fingerprint density at radius 2 is 2.00 bits per heavy atom. The molecule has 0 heterocycles. The first-order chi connectivity index (χ1) is 9.61. The molecule has 2 rings (SSSR count). The van der Waals surface area contributed by atoms with Crippen LogP contribution in [0, 0.1) is 6.92 Å². The fraction of sp³-hybridized carbons (Fsp3) is 0.188. The minimum Gasteiger partial charge on any atom is -0.497 e. The van der Waals surface area contributed by atoms with E-state index in [1.165, 1.54) is 0 Å². The van der Waals surface area contributed by atoms with Gasteiger partial charge in [-0.1, -0.05) is 40.2 Å². The van der Waals surface area contributed by atoms with Gasteiger partial charge < -0.3 is 10.1 Å². The Hall–Kier alpha value is -1.81. The Bertz CT molecular complexity index is 626. The zero-order valence-electron chi connectivity index (χ0n) is 11.4. The maximum atomic E-state index is 12.2. The van der Waals surface area contributed by atoms with Gasteiger partial charge in [-0.25, -0.2) is 0 Å². The average Bonchev–Trinajstić information content (AvgIpc) is 2.46. The van der Waals surface area contributed by atoms with Crippen LogP contribution in [0.5, 0.6) is 5.75 Å². The highest BCUT2D eigenvalue weighted by atomic mass is 79.9. The zero-order valence-corrected chi connectivity index (χ0v) is 13.0. The number of amides is 1. The fourth-order valence-corrected chi connectivity index (χ4v) is 2.31. The monoisotopic (exact) mass is 333 g/mol. The van der Waals surface area contributed by atoms with Crippen LogP contribution in [0.3, 0.4) is 0 Å². The van der Waals surface area contributed by atoms with Gasteiger partial charge in [-0.3, -0.25) is 4.79 Å². The Morgan fingerprint density at radius 3 is 2.70 bits per heavy atom. The van der Waals surface area contributed by atoms with E-state index >= 15 is 0 Å². The van der Waals surface area contributed by atoms with Crippen LogP contribution in [-0.4, -0.2) is 13.0 Å². The molecule has 0 aliphatic heterocycles. The van der Waals surface area contributed by atoms with Gasteiger partial charge in [0.05, 0.1) is 7.11 Å². The lowest BCUT2D eigenvalue weighted by Crippen LogP contribution is -2.23. The van der Waals surface area contributed by atoms with Crippen molar-refractivity contribution in [3.05, 3.63) is 63.6 Å². The minimum absolute atomic E-state index is 0.0999. The predicted octanol–water partition coefficient (Wildman–Crippen LogP) is 3.70. The number of hydrogen-bond donors (Lipinski definition) is 1. The number of carbonyl (C=O) groups is 1. The molecule has 0 fully saturated rings. The molecule has 0 aliphatic rings. The summed E-state index contributed by atoms with van der Waals surface area (Å²) in [5, 5.41) is 2.92. The van der Waals surface area contributed by atoms with Gasteiger partial charge in [0.25, 0.3) is 5.91 Å². The van der Waals surface area contributed by atoms with Crippen molar-refractivity contribution in [1.82, 2.24) is 5.32 Å². The molecule has 3 nitrogen and oxygen atoms in total. The summed E-state index contributed by atoms with van der Waals surface area (Å²) in [4.78, 5) is 12.2. The SMILES string of the molecule is COc1ccc(C)c(C(=O)NCc2ccccc2Br)c1. The van der Waals surface area contributed by atoms with Crippen molar-refractivity contribution in [1.29, 1.82) is 0 Å². The third-order valence-electron chi connectivity index (χ3n) is 3.09. The molecule has 0 spiro atoms. The van der Waals surface area contributed by atoms with E-state index in [0.717, 1.165) is 15.6 Å². The first-order valence-electron chi connectivity index (χ1n) is 6.28. The van der Waals surface area contributed by atoms with Gasteiger partial charge in [-0.05, 0) is 36.2 Å². The van der Waals surface area contributed by atoms with Crippen LogP contribution >= 0.6 is 15.9 Å². The van der Waals surface area contributed by atoms with Crippen molar-refractivity contribution < 1.29 is 9.53 Å². The van der Waals surface area contributed by atoms with Gasteiger partial charge in [0.15, 0.2) is 0 Å². The lowest BCUT2D eigenvalue weighted by molar-refractivity contribution is 0.0950. The summed E-state index contributed by atoms with van der Waals surface area (Å²) >= 11 is 3.47. The molecule has 4 heteroatoms. The molecule has 1 N–H and O–H groups in total. The third-order valence-corrected chi connectivity index (χ3v) is 3.86. The van der Waals surface area contributed by atoms with E-state index in [1.807, 2.05) is 43.3 Å². The second-order valence-corrected chi connectivity index (χ2v) is 5.31. The van der Waals surface area contributed by atoms with Crippen LogP contribution in [0.4, 0.5) is 0 Å². The highest BCUT2D eigenvalue weighted by Gasteiger charge is 2.10. The molecule has 2 aromatic rings. The minimum atomic E-state index is -0.0999. The number of carbonyl (C=O) groups excluding carboxylic acids is 1. The molecule has 0 radical (unpaired) electrons. The van der Waals surface area contributed by atoms with Crippen LogP contribution in [0.1, 0.15) is 21.5 Å². The Kier molecular flexibility index (Phi) is 4.79. The van der Waals surface area contributed by atoms with E-state index in [-0.39, 0.29) is 5.91 Å². The smallest absolute Gasteiger partial charge is 0.251 e. The van der Waals surface area contributed by atoms with Crippen molar-refractivity contribution in [2.24, 2.45) is 0 Å². The molecular weight excluding hydrogens is 318 g/mol. The molecule has 0 bridgehead atoms. The van der Waals surface area contributed by atoms with E-state index in [4.69, 9.17) is 4.74 Å². The number of rotatable bonds is 4. The summed E-state index contributed by atoms with van der Waals surface area (Å²) in [6.45, 7) is 2.39. The quantitative estimate of drug-likeness (QED) is 0.926. The predicted molar refractivity (Wildman–Crippen MR) is 83.0 cm³/mol. The zero-order chi connectivity index (χ0) is 14.5. The van der Waals surface area contributed by atoms with Gasteiger partial charge in [0.2, 0.25) is 0 Å². The Morgan fingerprint density at radius 1 is 1.25 bits per heavy atom. The van der Waals surface area contributed by atoms with Crippen LogP contribution < -0.4 is 10.1 Å². The van der Waals surface area contributed by atoms with Crippen molar-refractivity contribution in [3.63, 3.8) is 0 Å². The van der Waals surface area contributed by atoms with Crippen LogP contribution in [-0.2, 0) is 6.54 Å². The van der Waals surface area contributed by atoms with Crippen molar-refractivity contribution in [3.8, 4) is 5.75 Å². The highest BCUT2D eigenvalue weighted by Crippen LogP contribution is 2.18. The van der Waals surface area contributed by atoms with Crippen LogP contribution in [0.15, 0.2) is 46.9 Å². The summed E-state index contributed by atoms with van der Waals surface area (Å²) in [5.74, 6) is 0.582.